The molecule has 0 radical (unpaired) electrons. The molecule has 47 heavy (non-hydrogen) atoms. The number of pyridine rings is 1. The molecule has 0 unspecified atom stereocenters. The second-order valence-corrected chi connectivity index (χ2v) is 12.6. The monoisotopic (exact) mass is 663 g/mol. The Bertz CT molecular complexity index is 1860. The third-order valence-electron chi connectivity index (χ3n) is 7.34. The van der Waals surface area contributed by atoms with E-state index in [1.54, 1.807) is 50.2 Å². The number of amides is 2. The first-order chi connectivity index (χ1) is 22.4. The molecule has 0 spiro atoms. The Kier molecular flexibility index (Phi) is 11.8. The Balaban J connectivity index is 1.47. The molecule has 0 saturated carbocycles. The predicted octanol–water partition coefficient (Wildman–Crippen LogP) is 2.89. The average molecular weight is 664 g/mol. The number of ether oxygens (including phenoxy) is 2. The van der Waals surface area contributed by atoms with Gasteiger partial charge in [-0.15, -0.1) is 0 Å². The molecule has 1 aromatic heterocycles. The van der Waals surface area contributed by atoms with Gasteiger partial charge in [0.25, 0.3) is 5.91 Å². The summed E-state index contributed by atoms with van der Waals surface area (Å²) < 4.78 is 47.0. The number of nitrogens with zero attached hydrogens (tertiary/aromatic N) is 1. The van der Waals surface area contributed by atoms with Gasteiger partial charge in [0.15, 0.2) is 6.54 Å². The Hall–Kier alpha value is -4.72. The molecule has 0 atom stereocenters. The molecule has 12 nitrogen and oxygen atoms in total. The Labute approximate surface area is 272 Å². The van der Waals surface area contributed by atoms with Crippen LogP contribution in [0.1, 0.15) is 51.6 Å². The third kappa shape index (κ3) is 9.41. The molecule has 1 heterocycles. The van der Waals surface area contributed by atoms with Gasteiger partial charge in [0.05, 0.1) is 46.1 Å². The smallest absolute Gasteiger partial charge is 0.345 e. The number of ketones is 1. The first-order valence-corrected chi connectivity index (χ1v) is 16.7. The fourth-order valence-corrected chi connectivity index (χ4v) is 5.84. The normalized spacial score (nSPS) is 11.4. The van der Waals surface area contributed by atoms with Crippen LogP contribution in [0.3, 0.4) is 0 Å². The number of aromatic nitrogens is 1. The van der Waals surface area contributed by atoms with E-state index in [0.717, 1.165) is 0 Å². The summed E-state index contributed by atoms with van der Waals surface area (Å²) in [6.45, 7) is 6.02. The van der Waals surface area contributed by atoms with E-state index in [9.17, 15) is 32.1 Å². The highest BCUT2D eigenvalue weighted by molar-refractivity contribution is 7.85. The summed E-state index contributed by atoms with van der Waals surface area (Å²) in [5.74, 6) is -1.68. The second kappa shape index (κ2) is 15.7. The van der Waals surface area contributed by atoms with Gasteiger partial charge in [0.2, 0.25) is 16.9 Å². The van der Waals surface area contributed by atoms with Gasteiger partial charge in [-0.05, 0) is 56.2 Å². The predicted molar refractivity (Wildman–Crippen MR) is 173 cm³/mol. The summed E-state index contributed by atoms with van der Waals surface area (Å²) in [6, 6.07) is 17.7. The molecule has 3 aromatic carbocycles. The third-order valence-corrected chi connectivity index (χ3v) is 8.12. The van der Waals surface area contributed by atoms with Gasteiger partial charge in [-0.1, -0.05) is 24.3 Å². The number of Topliss-reactive ketones (excluding diaryl/α,β-unsaturated/α-hetero) is 1. The van der Waals surface area contributed by atoms with Crippen LogP contribution in [0.2, 0.25) is 0 Å². The molecule has 0 bridgehead atoms. The number of benzene rings is 3. The summed E-state index contributed by atoms with van der Waals surface area (Å²) in [5.41, 5.74) is 3.25. The van der Waals surface area contributed by atoms with Crippen LogP contribution in [0.5, 0.6) is 5.75 Å². The van der Waals surface area contributed by atoms with Gasteiger partial charge in [-0.3, -0.25) is 14.4 Å². The van der Waals surface area contributed by atoms with Gasteiger partial charge in [0, 0.05) is 43.0 Å². The lowest BCUT2D eigenvalue weighted by Gasteiger charge is -2.15. The van der Waals surface area contributed by atoms with Crippen molar-refractivity contribution in [1.82, 2.24) is 10.6 Å². The van der Waals surface area contributed by atoms with Crippen molar-refractivity contribution in [2.75, 3.05) is 32.1 Å². The molecule has 0 aliphatic rings. The summed E-state index contributed by atoms with van der Waals surface area (Å²) >= 11 is 0. The van der Waals surface area contributed by atoms with E-state index in [4.69, 9.17) is 9.47 Å². The van der Waals surface area contributed by atoms with Crippen molar-refractivity contribution in [3.8, 4) is 5.75 Å². The molecule has 4 rings (SSSR count). The number of hydrogen-bond acceptors (Lipinski definition) is 9. The highest BCUT2D eigenvalue weighted by atomic mass is 32.2. The van der Waals surface area contributed by atoms with E-state index in [0.29, 0.717) is 49.8 Å². The number of carbonyl (C=O) groups excluding carboxylic acids is 4. The average Bonchev–Trinajstić information content (AvgIpc) is 3.00. The van der Waals surface area contributed by atoms with Crippen molar-refractivity contribution >= 4 is 55.5 Å². The fraction of sp³-hybridized carbons (Fsp3) is 0.324. The highest BCUT2D eigenvalue weighted by Crippen LogP contribution is 2.30. The van der Waals surface area contributed by atoms with E-state index in [-0.39, 0.29) is 63.3 Å². The van der Waals surface area contributed by atoms with Crippen LogP contribution in [0.4, 0.5) is 0 Å². The minimum Gasteiger partial charge on any atom is -0.748 e. The number of esters is 1. The van der Waals surface area contributed by atoms with E-state index in [1.165, 1.54) is 6.92 Å². The lowest BCUT2D eigenvalue weighted by molar-refractivity contribution is -0.645. The van der Waals surface area contributed by atoms with Crippen LogP contribution in [0.15, 0.2) is 60.7 Å². The van der Waals surface area contributed by atoms with E-state index < -0.39 is 21.8 Å². The number of rotatable bonds is 15. The Morgan fingerprint density at radius 1 is 0.851 bits per heavy atom. The van der Waals surface area contributed by atoms with Crippen molar-refractivity contribution in [2.24, 2.45) is 0 Å². The highest BCUT2D eigenvalue weighted by Gasteiger charge is 2.26. The zero-order valence-electron chi connectivity index (χ0n) is 26.5. The molecule has 4 aromatic rings. The number of nitrogens with one attached hydrogen (secondary N) is 2. The van der Waals surface area contributed by atoms with Crippen molar-refractivity contribution < 1.29 is 46.2 Å². The van der Waals surface area contributed by atoms with Crippen LogP contribution in [0, 0.1) is 13.8 Å². The first kappa shape index (κ1) is 35.1. The molecule has 0 saturated heterocycles. The van der Waals surface area contributed by atoms with E-state index >= 15 is 0 Å². The van der Waals surface area contributed by atoms with Gasteiger partial charge in [-0.2, -0.15) is 4.57 Å². The molecule has 0 fully saturated rings. The quantitative estimate of drug-likeness (QED) is 0.0369. The van der Waals surface area contributed by atoms with E-state index in [2.05, 4.69) is 10.6 Å². The molecular weight excluding hydrogens is 626 g/mol. The minimum atomic E-state index is -4.38. The number of aryl methyl sites for hydroxylation is 3. The number of fused-ring (bicyclic) bond motifs is 2. The summed E-state index contributed by atoms with van der Waals surface area (Å²) in [5, 5.41) is 6.56. The van der Waals surface area contributed by atoms with Crippen LogP contribution in [0.25, 0.3) is 21.8 Å². The zero-order valence-corrected chi connectivity index (χ0v) is 27.3. The topological polar surface area (TPSA) is 172 Å². The van der Waals surface area contributed by atoms with Crippen LogP contribution in [-0.4, -0.2) is 68.6 Å². The maximum Gasteiger partial charge on any atom is 0.345 e. The standard InChI is InChI=1S/C34H37N3O9S/c1-22-19-25(33(40)36-14-17-45-16-13-35-30(39)21-24(3)38)20-23(2)32(22)46-34(41)31-26-9-4-6-11-28(26)37(15-8-18-47(42,43)44)29-12-7-5-10-27(29)31/h4-7,9-12,19-20H,8,13-18,21H2,1-3H3,(H2-,35,36,39,40,42,43,44). The number of para-hydroxylation sites is 2. The van der Waals surface area contributed by atoms with Gasteiger partial charge >= 0.3 is 5.97 Å². The molecule has 2 N–H and O–H groups in total. The van der Waals surface area contributed by atoms with Crippen molar-refractivity contribution in [1.29, 1.82) is 0 Å². The number of hydrogen-bond donors (Lipinski definition) is 2. The maximum atomic E-state index is 13.9. The molecule has 0 aliphatic heterocycles. The van der Waals surface area contributed by atoms with Gasteiger partial charge in [0.1, 0.15) is 11.5 Å². The van der Waals surface area contributed by atoms with Gasteiger partial charge in [-0.25, -0.2) is 13.2 Å². The SMILES string of the molecule is CC(=O)CC(=O)NCCOCCNC(=O)c1cc(C)c(OC(=O)c2c3ccccc3[n+](CCCS(=O)(=O)[O-])c3ccccc23)c(C)c1. The molecular formula is C34H37N3O9S. The Morgan fingerprint density at radius 2 is 1.40 bits per heavy atom. The lowest BCUT2D eigenvalue weighted by Crippen LogP contribution is -2.37. The minimum absolute atomic E-state index is 0.114. The zero-order chi connectivity index (χ0) is 34.1. The second-order valence-electron chi connectivity index (χ2n) is 11.1. The van der Waals surface area contributed by atoms with Crippen LogP contribution >= 0.6 is 0 Å². The summed E-state index contributed by atoms with van der Waals surface area (Å²) in [7, 11) is -4.38. The fourth-order valence-electron chi connectivity index (χ4n) is 5.35. The molecule has 248 valence electrons. The molecule has 13 heteroatoms. The van der Waals surface area contributed by atoms with Crippen molar-refractivity contribution in [2.45, 2.75) is 40.2 Å². The summed E-state index contributed by atoms with van der Waals surface area (Å²) in [4.78, 5) is 49.1. The van der Waals surface area contributed by atoms with Crippen molar-refractivity contribution in [3.63, 3.8) is 0 Å². The van der Waals surface area contributed by atoms with Gasteiger partial charge < -0.3 is 24.7 Å². The Morgan fingerprint density at radius 3 is 1.96 bits per heavy atom. The maximum absolute atomic E-state index is 13.9. The summed E-state index contributed by atoms with van der Waals surface area (Å²) in [6.07, 6.45) is -0.0577. The lowest BCUT2D eigenvalue weighted by atomic mass is 10.0. The van der Waals surface area contributed by atoms with Crippen LogP contribution < -0.4 is 19.9 Å². The molecule has 2 amide bonds. The number of carbonyl (C=O) groups is 4. The first-order valence-electron chi connectivity index (χ1n) is 15.1. The van der Waals surface area contributed by atoms with Crippen molar-refractivity contribution in [3.05, 3.63) is 82.9 Å². The molecule has 0 aliphatic carbocycles. The van der Waals surface area contributed by atoms with Crippen LogP contribution in [-0.2, 0) is 31.0 Å². The largest absolute Gasteiger partial charge is 0.748 e. The van der Waals surface area contributed by atoms with E-state index in [1.807, 2.05) is 28.8 Å².